The zero-order chi connectivity index (χ0) is 16.7. The Morgan fingerprint density at radius 2 is 1.87 bits per heavy atom. The molecule has 0 saturated heterocycles. The third-order valence-corrected chi connectivity index (χ3v) is 4.69. The van der Waals surface area contributed by atoms with Gasteiger partial charge >= 0.3 is 0 Å². The monoisotopic (exact) mass is 311 g/mol. The Morgan fingerprint density at radius 1 is 1.09 bits per heavy atom. The van der Waals surface area contributed by atoms with Gasteiger partial charge in [0.25, 0.3) is 0 Å². The molecule has 0 aliphatic carbocycles. The van der Waals surface area contributed by atoms with Crippen LogP contribution < -0.4 is 0 Å². The summed E-state index contributed by atoms with van der Waals surface area (Å²) in [5.74, 6) is 1.26. The molecule has 3 heteroatoms. The summed E-state index contributed by atoms with van der Waals surface area (Å²) < 4.78 is 0. The maximum Gasteiger partial charge on any atom is 0.162 e. The minimum absolute atomic E-state index is 0.490. The van der Waals surface area contributed by atoms with Crippen molar-refractivity contribution in [3.63, 3.8) is 0 Å². The van der Waals surface area contributed by atoms with Gasteiger partial charge in [-0.1, -0.05) is 59.1 Å². The Labute approximate surface area is 140 Å². The van der Waals surface area contributed by atoms with Gasteiger partial charge in [-0.05, 0) is 30.4 Å². The predicted octanol–water partition coefficient (Wildman–Crippen LogP) is 5.77. The number of fused-ring (bicyclic) bond motifs is 1. The SMILES string of the molecule is C=Cc1cnc2ncnc(C(CCC)CC(CC)CCC)c2c1. The van der Waals surface area contributed by atoms with Gasteiger partial charge in [0.05, 0.1) is 5.69 Å². The van der Waals surface area contributed by atoms with Gasteiger partial charge < -0.3 is 0 Å². The highest BCUT2D eigenvalue weighted by molar-refractivity contribution is 5.79. The van der Waals surface area contributed by atoms with E-state index in [1.807, 2.05) is 12.3 Å². The summed E-state index contributed by atoms with van der Waals surface area (Å²) >= 11 is 0. The molecular weight excluding hydrogens is 282 g/mol. The van der Waals surface area contributed by atoms with Crippen molar-refractivity contribution in [2.45, 2.75) is 65.2 Å². The second kappa shape index (κ2) is 8.76. The summed E-state index contributed by atoms with van der Waals surface area (Å²) in [6, 6.07) is 2.13. The first-order valence-electron chi connectivity index (χ1n) is 8.96. The van der Waals surface area contributed by atoms with E-state index in [0.717, 1.165) is 22.5 Å². The fourth-order valence-corrected chi connectivity index (χ4v) is 3.43. The fraction of sp³-hybridized carbons (Fsp3) is 0.550. The van der Waals surface area contributed by atoms with Crippen molar-refractivity contribution in [2.75, 3.05) is 0 Å². The lowest BCUT2D eigenvalue weighted by Crippen LogP contribution is -2.10. The van der Waals surface area contributed by atoms with Crippen LogP contribution in [0, 0.1) is 5.92 Å². The number of aromatic nitrogens is 3. The number of hydrogen-bond donors (Lipinski definition) is 0. The van der Waals surface area contributed by atoms with Crippen molar-refractivity contribution >= 4 is 17.1 Å². The molecule has 0 amide bonds. The fourth-order valence-electron chi connectivity index (χ4n) is 3.43. The molecule has 0 radical (unpaired) electrons. The van der Waals surface area contributed by atoms with Crippen LogP contribution >= 0.6 is 0 Å². The largest absolute Gasteiger partial charge is 0.240 e. The molecule has 0 fully saturated rings. The van der Waals surface area contributed by atoms with Crippen LogP contribution in [0.3, 0.4) is 0 Å². The molecule has 23 heavy (non-hydrogen) atoms. The second-order valence-electron chi connectivity index (χ2n) is 6.39. The molecule has 2 unspecified atom stereocenters. The molecule has 2 rings (SSSR count). The van der Waals surface area contributed by atoms with Crippen LogP contribution in [0.2, 0.25) is 0 Å². The second-order valence-corrected chi connectivity index (χ2v) is 6.39. The quantitative estimate of drug-likeness (QED) is 0.590. The van der Waals surface area contributed by atoms with E-state index in [2.05, 4.69) is 48.4 Å². The van der Waals surface area contributed by atoms with Crippen molar-refractivity contribution in [1.82, 2.24) is 15.0 Å². The normalized spacial score (nSPS) is 13.9. The lowest BCUT2D eigenvalue weighted by atomic mass is 9.84. The lowest BCUT2D eigenvalue weighted by molar-refractivity contribution is 0.378. The minimum atomic E-state index is 0.490. The maximum absolute atomic E-state index is 4.66. The van der Waals surface area contributed by atoms with E-state index >= 15 is 0 Å². The number of nitrogens with zero attached hydrogens (tertiary/aromatic N) is 3. The van der Waals surface area contributed by atoms with Crippen LogP contribution in [0.5, 0.6) is 0 Å². The molecule has 2 aromatic heterocycles. The molecule has 0 spiro atoms. The first kappa shape index (κ1) is 17.6. The summed E-state index contributed by atoms with van der Waals surface area (Å²) in [7, 11) is 0. The van der Waals surface area contributed by atoms with E-state index < -0.39 is 0 Å². The van der Waals surface area contributed by atoms with Crippen molar-refractivity contribution in [1.29, 1.82) is 0 Å². The molecule has 2 aromatic rings. The van der Waals surface area contributed by atoms with E-state index in [1.165, 1.54) is 44.2 Å². The highest BCUT2D eigenvalue weighted by atomic mass is 14.9. The summed E-state index contributed by atoms with van der Waals surface area (Å²) in [5.41, 5.74) is 3.00. The molecule has 0 aromatic carbocycles. The Balaban J connectivity index is 2.41. The summed E-state index contributed by atoms with van der Waals surface area (Å²) in [5, 5.41) is 1.09. The number of rotatable bonds is 9. The lowest BCUT2D eigenvalue weighted by Gasteiger charge is -2.22. The minimum Gasteiger partial charge on any atom is -0.240 e. The zero-order valence-corrected chi connectivity index (χ0v) is 14.8. The molecule has 0 saturated carbocycles. The third-order valence-electron chi connectivity index (χ3n) is 4.69. The summed E-state index contributed by atoms with van der Waals surface area (Å²) in [6.45, 7) is 10.7. The topological polar surface area (TPSA) is 38.7 Å². The van der Waals surface area contributed by atoms with E-state index in [-0.39, 0.29) is 0 Å². The molecule has 0 aliphatic rings. The summed E-state index contributed by atoms with van der Waals surface area (Å²) in [6.07, 6.45) is 12.7. The standard InChI is InChI=1S/C20H29N3/c1-5-9-15(7-3)11-17(10-6-2)19-18-12-16(8-4)13-21-20(18)23-14-22-19/h8,12-15,17H,4-7,9-11H2,1-3H3. The zero-order valence-electron chi connectivity index (χ0n) is 14.8. The maximum atomic E-state index is 4.66. The average molecular weight is 311 g/mol. The van der Waals surface area contributed by atoms with Gasteiger partial charge in [-0.25, -0.2) is 15.0 Å². The highest BCUT2D eigenvalue weighted by Gasteiger charge is 2.20. The van der Waals surface area contributed by atoms with Crippen LogP contribution in [-0.4, -0.2) is 15.0 Å². The smallest absolute Gasteiger partial charge is 0.162 e. The van der Waals surface area contributed by atoms with Crippen LogP contribution in [0.25, 0.3) is 17.1 Å². The van der Waals surface area contributed by atoms with Crippen LogP contribution in [0.15, 0.2) is 25.2 Å². The molecule has 124 valence electrons. The highest BCUT2D eigenvalue weighted by Crippen LogP contribution is 2.33. The van der Waals surface area contributed by atoms with Gasteiger partial charge in [-0.2, -0.15) is 0 Å². The van der Waals surface area contributed by atoms with Gasteiger partial charge in [-0.3, -0.25) is 0 Å². The molecule has 2 heterocycles. The van der Waals surface area contributed by atoms with Crippen molar-refractivity contribution < 1.29 is 0 Å². The van der Waals surface area contributed by atoms with Gasteiger partial charge in [0.15, 0.2) is 5.65 Å². The Kier molecular flexibility index (Phi) is 6.69. The van der Waals surface area contributed by atoms with Crippen LogP contribution in [0.4, 0.5) is 0 Å². The molecular formula is C20H29N3. The predicted molar refractivity (Wildman–Crippen MR) is 98.4 cm³/mol. The van der Waals surface area contributed by atoms with E-state index in [4.69, 9.17) is 0 Å². The first-order valence-corrected chi connectivity index (χ1v) is 8.96. The molecule has 0 aliphatic heterocycles. The van der Waals surface area contributed by atoms with Gasteiger partial charge in [0.1, 0.15) is 6.33 Å². The van der Waals surface area contributed by atoms with E-state index in [0.29, 0.717) is 5.92 Å². The molecule has 3 nitrogen and oxygen atoms in total. The van der Waals surface area contributed by atoms with Crippen LogP contribution in [0.1, 0.15) is 76.5 Å². The van der Waals surface area contributed by atoms with Crippen LogP contribution in [-0.2, 0) is 0 Å². The Hall–Kier alpha value is -1.77. The molecule has 2 atom stereocenters. The molecule has 0 bridgehead atoms. The van der Waals surface area contributed by atoms with Gasteiger partial charge in [-0.15, -0.1) is 0 Å². The third kappa shape index (κ3) is 4.37. The van der Waals surface area contributed by atoms with Gasteiger partial charge in [0, 0.05) is 17.5 Å². The van der Waals surface area contributed by atoms with E-state index in [1.54, 1.807) is 6.33 Å². The first-order chi connectivity index (χ1) is 11.2. The molecule has 0 N–H and O–H groups in total. The Morgan fingerprint density at radius 3 is 2.52 bits per heavy atom. The van der Waals surface area contributed by atoms with Crippen molar-refractivity contribution in [3.05, 3.63) is 36.4 Å². The summed E-state index contributed by atoms with van der Waals surface area (Å²) in [4.78, 5) is 13.5. The van der Waals surface area contributed by atoms with Gasteiger partial charge in [0.2, 0.25) is 0 Å². The van der Waals surface area contributed by atoms with E-state index in [9.17, 15) is 0 Å². The number of pyridine rings is 1. The average Bonchev–Trinajstić information content (AvgIpc) is 2.59. The Bertz CT molecular complexity index is 636. The van der Waals surface area contributed by atoms with Crippen molar-refractivity contribution in [3.8, 4) is 0 Å². The number of hydrogen-bond acceptors (Lipinski definition) is 3. The van der Waals surface area contributed by atoms with Crippen molar-refractivity contribution in [2.24, 2.45) is 5.92 Å².